The van der Waals surface area contributed by atoms with Gasteiger partial charge in [-0.05, 0) is 62.2 Å². The molecule has 2 rings (SSSR count). The standard InChI is InChI=1S/C19H23F2N3S/c1-5-24(4)12-22-17-9-14(3)18(10-13(17)2)23-15-7-6-8-16(11-15)25-19(20)21/h6-12,19,23H,5H2,1-4H3. The highest BCUT2D eigenvalue weighted by Crippen LogP contribution is 2.31. The van der Waals surface area contributed by atoms with E-state index in [9.17, 15) is 8.78 Å². The molecule has 2 aromatic carbocycles. The Hall–Kier alpha value is -2.08. The summed E-state index contributed by atoms with van der Waals surface area (Å²) in [5, 5.41) is 3.31. The zero-order valence-electron chi connectivity index (χ0n) is 14.9. The van der Waals surface area contributed by atoms with Crippen molar-refractivity contribution >= 4 is 35.2 Å². The smallest absolute Gasteiger partial charge is 0.288 e. The molecular formula is C19H23F2N3S. The number of anilines is 2. The van der Waals surface area contributed by atoms with Crippen LogP contribution in [0.25, 0.3) is 0 Å². The van der Waals surface area contributed by atoms with Gasteiger partial charge in [0.15, 0.2) is 0 Å². The van der Waals surface area contributed by atoms with E-state index in [1.54, 1.807) is 18.2 Å². The highest BCUT2D eigenvalue weighted by molar-refractivity contribution is 7.99. The lowest BCUT2D eigenvalue weighted by Crippen LogP contribution is -2.14. The second kappa shape index (κ2) is 8.85. The number of thioether (sulfide) groups is 1. The van der Waals surface area contributed by atoms with Crippen molar-refractivity contribution in [1.29, 1.82) is 0 Å². The van der Waals surface area contributed by atoms with E-state index in [0.29, 0.717) is 16.7 Å². The van der Waals surface area contributed by atoms with Gasteiger partial charge >= 0.3 is 0 Å². The molecular weight excluding hydrogens is 340 g/mol. The number of hydrogen-bond acceptors (Lipinski definition) is 3. The molecule has 0 aliphatic rings. The van der Waals surface area contributed by atoms with Crippen molar-refractivity contribution in [3.8, 4) is 0 Å². The van der Waals surface area contributed by atoms with E-state index >= 15 is 0 Å². The maximum atomic E-state index is 12.5. The quantitative estimate of drug-likeness (QED) is 0.373. The Balaban J connectivity index is 2.21. The summed E-state index contributed by atoms with van der Waals surface area (Å²) >= 11 is 0.547. The summed E-state index contributed by atoms with van der Waals surface area (Å²) in [6.45, 7) is 6.97. The van der Waals surface area contributed by atoms with E-state index in [4.69, 9.17) is 0 Å². The largest absolute Gasteiger partial charge is 0.366 e. The third-order valence-electron chi connectivity index (χ3n) is 3.77. The van der Waals surface area contributed by atoms with Gasteiger partial charge in [-0.2, -0.15) is 8.78 Å². The average Bonchev–Trinajstić information content (AvgIpc) is 2.56. The van der Waals surface area contributed by atoms with Gasteiger partial charge in [0.05, 0.1) is 12.0 Å². The van der Waals surface area contributed by atoms with E-state index in [1.165, 1.54) is 0 Å². The monoisotopic (exact) mass is 363 g/mol. The van der Waals surface area contributed by atoms with Gasteiger partial charge in [-0.3, -0.25) is 0 Å². The summed E-state index contributed by atoms with van der Waals surface area (Å²) < 4.78 is 25.0. The predicted molar refractivity (Wildman–Crippen MR) is 104 cm³/mol. The number of halogens is 2. The number of nitrogens with zero attached hydrogens (tertiary/aromatic N) is 2. The fourth-order valence-corrected chi connectivity index (χ4v) is 2.78. The molecule has 25 heavy (non-hydrogen) atoms. The molecule has 0 fully saturated rings. The molecule has 0 aliphatic heterocycles. The molecule has 0 radical (unpaired) electrons. The second-order valence-corrected chi connectivity index (χ2v) is 6.87. The predicted octanol–water partition coefficient (Wildman–Crippen LogP) is 5.97. The summed E-state index contributed by atoms with van der Waals surface area (Å²) in [6.07, 6.45) is 1.82. The maximum absolute atomic E-state index is 12.5. The van der Waals surface area contributed by atoms with Gasteiger partial charge in [0.1, 0.15) is 0 Å². The van der Waals surface area contributed by atoms with E-state index in [-0.39, 0.29) is 0 Å². The number of benzene rings is 2. The number of rotatable bonds is 7. The molecule has 0 atom stereocenters. The van der Waals surface area contributed by atoms with Crippen LogP contribution in [0.15, 0.2) is 46.3 Å². The minimum absolute atomic E-state index is 0.540. The van der Waals surface area contributed by atoms with E-state index in [2.05, 4.69) is 17.2 Å². The van der Waals surface area contributed by atoms with Crippen LogP contribution in [0.3, 0.4) is 0 Å². The van der Waals surface area contributed by atoms with Gasteiger partial charge in [0.25, 0.3) is 5.76 Å². The molecule has 0 bridgehead atoms. The number of nitrogens with one attached hydrogen (secondary N) is 1. The third-order valence-corrected chi connectivity index (χ3v) is 4.48. The lowest BCUT2D eigenvalue weighted by atomic mass is 10.1. The van der Waals surface area contributed by atoms with Crippen LogP contribution in [-0.2, 0) is 0 Å². The topological polar surface area (TPSA) is 27.6 Å². The minimum atomic E-state index is -2.42. The Morgan fingerprint density at radius 2 is 1.96 bits per heavy atom. The van der Waals surface area contributed by atoms with Crippen molar-refractivity contribution in [2.75, 3.05) is 18.9 Å². The van der Waals surface area contributed by atoms with Gasteiger partial charge in [0.2, 0.25) is 0 Å². The number of hydrogen-bond donors (Lipinski definition) is 1. The molecule has 0 aliphatic carbocycles. The molecule has 134 valence electrons. The normalized spacial score (nSPS) is 11.3. The van der Waals surface area contributed by atoms with Gasteiger partial charge in [-0.15, -0.1) is 0 Å². The summed E-state index contributed by atoms with van der Waals surface area (Å²) in [7, 11) is 1.98. The molecule has 0 saturated carbocycles. The van der Waals surface area contributed by atoms with Crippen LogP contribution in [0.4, 0.5) is 25.8 Å². The SMILES string of the molecule is CCN(C)C=Nc1cc(C)c(Nc2cccc(SC(F)F)c2)cc1C. The van der Waals surface area contributed by atoms with Crippen molar-refractivity contribution in [3.63, 3.8) is 0 Å². The van der Waals surface area contributed by atoms with Crippen LogP contribution in [0, 0.1) is 13.8 Å². The highest BCUT2D eigenvalue weighted by Gasteiger charge is 2.08. The Morgan fingerprint density at radius 3 is 2.64 bits per heavy atom. The first-order valence-corrected chi connectivity index (χ1v) is 8.94. The first-order valence-electron chi connectivity index (χ1n) is 8.06. The molecule has 0 aromatic heterocycles. The number of aliphatic imine (C=N–C) groups is 1. The van der Waals surface area contributed by atoms with Gasteiger partial charge in [-0.25, -0.2) is 4.99 Å². The molecule has 2 aromatic rings. The van der Waals surface area contributed by atoms with Crippen LogP contribution >= 0.6 is 11.8 Å². The Kier molecular flexibility index (Phi) is 6.82. The molecule has 0 saturated heterocycles. The van der Waals surface area contributed by atoms with Crippen LogP contribution < -0.4 is 5.32 Å². The Morgan fingerprint density at radius 1 is 1.20 bits per heavy atom. The van der Waals surface area contributed by atoms with E-state index in [0.717, 1.165) is 34.7 Å². The first kappa shape index (κ1) is 19.2. The number of aryl methyl sites for hydroxylation is 2. The zero-order chi connectivity index (χ0) is 18.4. The molecule has 0 amide bonds. The summed E-state index contributed by atoms with van der Waals surface area (Å²) in [6, 6.07) is 11.1. The summed E-state index contributed by atoms with van der Waals surface area (Å²) in [5.74, 6) is -2.42. The van der Waals surface area contributed by atoms with Crippen molar-refractivity contribution in [3.05, 3.63) is 47.5 Å². The third kappa shape index (κ3) is 5.74. The maximum Gasteiger partial charge on any atom is 0.288 e. The molecule has 0 spiro atoms. The van der Waals surface area contributed by atoms with Crippen LogP contribution in [-0.4, -0.2) is 30.6 Å². The summed E-state index contributed by atoms with van der Waals surface area (Å²) in [4.78, 5) is 7.07. The fraction of sp³-hybridized carbons (Fsp3) is 0.316. The zero-order valence-corrected chi connectivity index (χ0v) is 15.7. The molecule has 6 heteroatoms. The molecule has 1 N–H and O–H groups in total. The lowest BCUT2D eigenvalue weighted by Gasteiger charge is -2.14. The molecule has 0 unspecified atom stereocenters. The van der Waals surface area contributed by atoms with E-state index < -0.39 is 5.76 Å². The number of alkyl halides is 2. The molecule has 3 nitrogen and oxygen atoms in total. The van der Waals surface area contributed by atoms with Crippen LogP contribution in [0.2, 0.25) is 0 Å². The van der Waals surface area contributed by atoms with Crippen molar-refractivity contribution in [2.24, 2.45) is 4.99 Å². The van der Waals surface area contributed by atoms with E-state index in [1.807, 2.05) is 50.3 Å². The average molecular weight is 363 g/mol. The van der Waals surface area contributed by atoms with Gasteiger partial charge in [0, 0.05) is 29.9 Å². The Bertz CT molecular complexity index is 747. The highest BCUT2D eigenvalue weighted by atomic mass is 32.2. The van der Waals surface area contributed by atoms with Crippen LogP contribution in [0.1, 0.15) is 18.1 Å². The Labute approximate surface area is 152 Å². The molecule has 0 heterocycles. The lowest BCUT2D eigenvalue weighted by molar-refractivity contribution is 0.252. The van der Waals surface area contributed by atoms with Crippen molar-refractivity contribution in [2.45, 2.75) is 31.4 Å². The van der Waals surface area contributed by atoms with Gasteiger partial charge in [-0.1, -0.05) is 17.8 Å². The van der Waals surface area contributed by atoms with Crippen molar-refractivity contribution in [1.82, 2.24) is 4.90 Å². The minimum Gasteiger partial charge on any atom is -0.366 e. The van der Waals surface area contributed by atoms with Crippen molar-refractivity contribution < 1.29 is 8.78 Å². The summed E-state index contributed by atoms with van der Waals surface area (Å²) in [5.41, 5.74) is 4.75. The second-order valence-electron chi connectivity index (χ2n) is 5.80. The fourth-order valence-electron chi connectivity index (χ4n) is 2.22. The van der Waals surface area contributed by atoms with Crippen LogP contribution in [0.5, 0.6) is 0 Å². The van der Waals surface area contributed by atoms with Gasteiger partial charge < -0.3 is 10.2 Å². The first-order chi connectivity index (χ1) is 11.9.